The topological polar surface area (TPSA) is 68.2 Å². The monoisotopic (exact) mass is 480 g/mol. The first-order chi connectivity index (χ1) is 13.9. The van der Waals surface area contributed by atoms with Crippen LogP contribution in [0.2, 0.25) is 5.02 Å². The van der Waals surface area contributed by atoms with Crippen molar-refractivity contribution in [1.82, 2.24) is 5.01 Å². The number of imide groups is 1. The number of hydrazone groups is 1. The molecule has 2 fully saturated rings. The van der Waals surface area contributed by atoms with Crippen molar-refractivity contribution in [2.24, 2.45) is 28.8 Å². The summed E-state index contributed by atoms with van der Waals surface area (Å²) in [6.07, 6.45) is 7.25. The molecule has 5 unspecified atom stereocenters. The highest BCUT2D eigenvalue weighted by molar-refractivity contribution is 9.10. The van der Waals surface area contributed by atoms with Crippen LogP contribution in [0.15, 0.2) is 27.8 Å². The first kappa shape index (κ1) is 20.4. The van der Waals surface area contributed by atoms with Gasteiger partial charge in [0.25, 0.3) is 11.8 Å². The van der Waals surface area contributed by atoms with E-state index in [0.717, 1.165) is 17.9 Å². The van der Waals surface area contributed by atoms with Gasteiger partial charge in [-0.1, -0.05) is 30.7 Å². The summed E-state index contributed by atoms with van der Waals surface area (Å²) in [5.41, 5.74) is 0.585. The third-order valence-corrected chi connectivity index (χ3v) is 7.47. The van der Waals surface area contributed by atoms with Gasteiger partial charge in [-0.3, -0.25) is 9.59 Å². The maximum atomic E-state index is 12.8. The third-order valence-electron chi connectivity index (χ3n) is 6.03. The number of allylic oxidation sites excluding steroid dienone is 2. The Morgan fingerprint density at radius 3 is 2.48 bits per heavy atom. The van der Waals surface area contributed by atoms with E-state index in [9.17, 15) is 9.59 Å². The molecule has 0 spiro atoms. The summed E-state index contributed by atoms with van der Waals surface area (Å²) in [7, 11) is 1.53. The van der Waals surface area contributed by atoms with E-state index in [0.29, 0.717) is 26.6 Å². The highest BCUT2D eigenvalue weighted by atomic mass is 79.9. The highest BCUT2D eigenvalue weighted by Crippen LogP contribution is 2.52. The fraction of sp³-hybridized carbons (Fsp3) is 0.476. The molecule has 1 aromatic carbocycles. The standard InChI is InChI=1S/C21H22BrClN2O4/c1-4-10(2)29-19-14(28-3)8-13(17(22)18(19)23)9-24-25-20(26)15-11-5-6-12(7-11)16(15)21(25)27/h5-6,8-12,15-16H,4,7H2,1-3H3. The van der Waals surface area contributed by atoms with E-state index in [4.69, 9.17) is 21.1 Å². The summed E-state index contributed by atoms with van der Waals surface area (Å²) < 4.78 is 11.9. The van der Waals surface area contributed by atoms with Crippen LogP contribution in [0, 0.1) is 23.7 Å². The molecular formula is C21H22BrClN2O4. The average Bonchev–Trinajstić information content (AvgIpc) is 3.39. The first-order valence-corrected chi connectivity index (χ1v) is 10.9. The zero-order chi connectivity index (χ0) is 20.9. The lowest BCUT2D eigenvalue weighted by atomic mass is 9.85. The molecule has 0 aromatic heterocycles. The molecule has 2 aliphatic carbocycles. The number of hydrogen-bond acceptors (Lipinski definition) is 5. The fourth-order valence-electron chi connectivity index (χ4n) is 4.36. The molecular weight excluding hydrogens is 460 g/mol. The summed E-state index contributed by atoms with van der Waals surface area (Å²) in [5.74, 6) is 0.207. The van der Waals surface area contributed by atoms with Gasteiger partial charge in [0.1, 0.15) is 5.02 Å². The molecule has 0 N–H and O–H groups in total. The first-order valence-electron chi connectivity index (χ1n) is 9.70. The van der Waals surface area contributed by atoms with Gasteiger partial charge in [0.15, 0.2) is 11.5 Å². The minimum absolute atomic E-state index is 0.0314. The SMILES string of the molecule is CCC(C)Oc1c(OC)cc(C=NN2C(=O)C3C4C=CC(C4)C3C2=O)c(Br)c1Cl. The molecule has 1 aromatic rings. The third kappa shape index (κ3) is 3.28. The Morgan fingerprint density at radius 1 is 1.31 bits per heavy atom. The lowest BCUT2D eigenvalue weighted by Gasteiger charge is -2.18. The van der Waals surface area contributed by atoms with Gasteiger partial charge in [-0.2, -0.15) is 10.1 Å². The van der Waals surface area contributed by atoms with Gasteiger partial charge in [0, 0.05) is 10.0 Å². The van der Waals surface area contributed by atoms with Gasteiger partial charge in [-0.15, -0.1) is 0 Å². The van der Waals surface area contributed by atoms with Gasteiger partial charge < -0.3 is 9.47 Å². The van der Waals surface area contributed by atoms with Crippen LogP contribution in [0.1, 0.15) is 32.3 Å². The molecule has 3 aliphatic rings. The maximum Gasteiger partial charge on any atom is 0.254 e. The normalized spacial score (nSPS) is 28.5. The van der Waals surface area contributed by atoms with Crippen LogP contribution in [0.4, 0.5) is 0 Å². The molecule has 1 saturated carbocycles. The van der Waals surface area contributed by atoms with Crippen LogP contribution < -0.4 is 9.47 Å². The van der Waals surface area contributed by atoms with E-state index in [2.05, 4.69) is 33.2 Å². The van der Waals surface area contributed by atoms with Crippen molar-refractivity contribution in [1.29, 1.82) is 0 Å². The predicted molar refractivity (Wildman–Crippen MR) is 113 cm³/mol. The Kier molecular flexibility index (Phi) is 5.46. The maximum absolute atomic E-state index is 12.8. The van der Waals surface area contributed by atoms with Gasteiger partial charge in [0.2, 0.25) is 0 Å². The summed E-state index contributed by atoms with van der Waals surface area (Å²) in [6, 6.07) is 1.72. The Hall–Kier alpha value is -1.86. The van der Waals surface area contributed by atoms with E-state index >= 15 is 0 Å². The zero-order valence-corrected chi connectivity index (χ0v) is 18.7. The minimum Gasteiger partial charge on any atom is -0.493 e. The van der Waals surface area contributed by atoms with E-state index in [-0.39, 0.29) is 41.6 Å². The Labute approximate surface area is 183 Å². The number of methoxy groups -OCH3 is 1. The van der Waals surface area contributed by atoms with Crippen LogP contribution in [0.5, 0.6) is 11.5 Å². The predicted octanol–water partition coefficient (Wildman–Crippen LogP) is 4.43. The Balaban J connectivity index is 1.61. The van der Waals surface area contributed by atoms with Gasteiger partial charge in [-0.05, 0) is 53.6 Å². The quantitative estimate of drug-likeness (QED) is 0.342. The van der Waals surface area contributed by atoms with Gasteiger partial charge >= 0.3 is 0 Å². The summed E-state index contributed by atoms with van der Waals surface area (Å²) in [5, 5.41) is 5.58. The molecule has 2 amide bonds. The molecule has 5 atom stereocenters. The van der Waals surface area contributed by atoms with Crippen LogP contribution in [0.3, 0.4) is 0 Å². The number of carbonyl (C=O) groups is 2. The van der Waals surface area contributed by atoms with Gasteiger partial charge in [0.05, 0.1) is 31.3 Å². The molecule has 6 nitrogen and oxygen atoms in total. The van der Waals surface area contributed by atoms with Crippen molar-refractivity contribution in [2.75, 3.05) is 7.11 Å². The van der Waals surface area contributed by atoms with E-state index in [1.165, 1.54) is 13.3 Å². The number of benzene rings is 1. The second-order valence-electron chi connectivity index (χ2n) is 7.69. The smallest absolute Gasteiger partial charge is 0.254 e. The van der Waals surface area contributed by atoms with E-state index < -0.39 is 0 Å². The molecule has 1 heterocycles. The number of fused-ring (bicyclic) bond motifs is 5. The number of amides is 2. The number of ether oxygens (including phenoxy) is 2. The van der Waals surface area contributed by atoms with Crippen molar-refractivity contribution in [2.45, 2.75) is 32.8 Å². The highest BCUT2D eigenvalue weighted by Gasteiger charge is 2.59. The summed E-state index contributed by atoms with van der Waals surface area (Å²) in [6.45, 7) is 3.96. The van der Waals surface area contributed by atoms with Crippen LogP contribution in [0.25, 0.3) is 0 Å². The van der Waals surface area contributed by atoms with Crippen molar-refractivity contribution in [3.05, 3.63) is 33.3 Å². The largest absolute Gasteiger partial charge is 0.493 e. The van der Waals surface area contributed by atoms with Crippen LogP contribution in [-0.2, 0) is 9.59 Å². The lowest BCUT2D eigenvalue weighted by Crippen LogP contribution is -2.28. The second kappa shape index (κ2) is 7.76. The van der Waals surface area contributed by atoms with Crippen molar-refractivity contribution in [3.63, 3.8) is 0 Å². The summed E-state index contributed by atoms with van der Waals surface area (Å²) >= 11 is 9.96. The number of hydrogen-bond donors (Lipinski definition) is 0. The Bertz CT molecular complexity index is 902. The summed E-state index contributed by atoms with van der Waals surface area (Å²) in [4.78, 5) is 25.5. The lowest BCUT2D eigenvalue weighted by molar-refractivity contribution is -0.140. The van der Waals surface area contributed by atoms with E-state index in [1.54, 1.807) is 6.07 Å². The number of carbonyl (C=O) groups excluding carboxylic acids is 2. The molecule has 4 rings (SSSR count). The molecule has 8 heteroatoms. The fourth-order valence-corrected chi connectivity index (χ4v) is 5.01. The second-order valence-corrected chi connectivity index (χ2v) is 8.87. The number of halogens is 2. The van der Waals surface area contributed by atoms with Gasteiger partial charge in [-0.25, -0.2) is 0 Å². The van der Waals surface area contributed by atoms with Crippen LogP contribution >= 0.6 is 27.5 Å². The molecule has 2 bridgehead atoms. The average molecular weight is 482 g/mol. The molecule has 0 radical (unpaired) electrons. The zero-order valence-electron chi connectivity index (χ0n) is 16.4. The Morgan fingerprint density at radius 2 is 1.93 bits per heavy atom. The minimum atomic E-state index is -0.275. The number of nitrogens with zero attached hydrogens (tertiary/aromatic N) is 2. The molecule has 154 valence electrons. The molecule has 29 heavy (non-hydrogen) atoms. The van der Waals surface area contributed by atoms with Crippen molar-refractivity contribution < 1.29 is 19.1 Å². The van der Waals surface area contributed by atoms with E-state index in [1.807, 2.05) is 13.8 Å². The molecule has 1 aliphatic heterocycles. The molecule has 1 saturated heterocycles. The number of rotatable bonds is 6. The van der Waals surface area contributed by atoms with Crippen molar-refractivity contribution in [3.8, 4) is 11.5 Å². The van der Waals surface area contributed by atoms with Crippen LogP contribution in [-0.4, -0.2) is 36.3 Å². The van der Waals surface area contributed by atoms with Crippen molar-refractivity contribution >= 4 is 45.6 Å².